The fraction of sp³-hybridized carbons (Fsp3) is 0.353. The topological polar surface area (TPSA) is 79.5 Å². The van der Waals surface area contributed by atoms with Crippen molar-refractivity contribution in [2.24, 2.45) is 0 Å². The molecule has 6 nitrogen and oxygen atoms in total. The first kappa shape index (κ1) is 17.8. The van der Waals surface area contributed by atoms with Crippen molar-refractivity contribution in [2.75, 3.05) is 13.1 Å². The minimum absolute atomic E-state index is 0.0805. The molecule has 0 saturated carbocycles. The average molecular weight is 383 g/mol. The van der Waals surface area contributed by atoms with Gasteiger partial charge in [-0.1, -0.05) is 18.5 Å². The Bertz CT molecular complexity index is 886. The third-order valence-electron chi connectivity index (χ3n) is 4.17. The molecule has 1 aliphatic heterocycles. The fourth-order valence-corrected chi connectivity index (χ4v) is 3.95. The van der Waals surface area contributed by atoms with E-state index in [0.29, 0.717) is 24.5 Å². The summed E-state index contributed by atoms with van der Waals surface area (Å²) in [6.45, 7) is 3.31. The minimum atomic E-state index is -4.03. The average Bonchev–Trinajstić information content (AvgIpc) is 3.27. The molecule has 0 atom stereocenters. The van der Waals surface area contributed by atoms with E-state index in [9.17, 15) is 13.2 Å². The quantitative estimate of drug-likeness (QED) is 0.805. The van der Waals surface area contributed by atoms with Gasteiger partial charge in [-0.15, -0.1) is 0 Å². The van der Waals surface area contributed by atoms with Gasteiger partial charge in [-0.2, -0.15) is 8.42 Å². The number of hydrogen-bond acceptors (Lipinski definition) is 4. The Morgan fingerprint density at radius 2 is 2.00 bits per heavy atom. The highest BCUT2D eigenvalue weighted by molar-refractivity contribution is 7.87. The molecule has 1 amide bonds. The van der Waals surface area contributed by atoms with Crippen molar-refractivity contribution in [3.05, 3.63) is 46.7 Å². The van der Waals surface area contributed by atoms with Gasteiger partial charge < -0.3 is 14.1 Å². The van der Waals surface area contributed by atoms with Gasteiger partial charge in [0.2, 0.25) is 0 Å². The molecule has 1 aromatic heterocycles. The van der Waals surface area contributed by atoms with Gasteiger partial charge >= 0.3 is 10.1 Å². The Kier molecular flexibility index (Phi) is 5.06. The Hall–Kier alpha value is -1.99. The van der Waals surface area contributed by atoms with Crippen LogP contribution in [0.15, 0.2) is 35.4 Å². The number of halogens is 1. The monoisotopic (exact) mass is 382 g/mol. The first-order valence-corrected chi connectivity index (χ1v) is 9.90. The van der Waals surface area contributed by atoms with E-state index in [1.165, 1.54) is 18.3 Å². The predicted octanol–water partition coefficient (Wildman–Crippen LogP) is 3.23. The molecule has 0 bridgehead atoms. The summed E-state index contributed by atoms with van der Waals surface area (Å²) in [4.78, 5) is 16.7. The highest BCUT2D eigenvalue weighted by Crippen LogP contribution is 2.25. The Morgan fingerprint density at radius 3 is 2.68 bits per heavy atom. The first-order chi connectivity index (χ1) is 11.9. The third kappa shape index (κ3) is 3.82. The van der Waals surface area contributed by atoms with Crippen molar-refractivity contribution < 1.29 is 17.4 Å². The molecule has 1 aliphatic rings. The molecule has 0 radical (unpaired) electrons. The lowest BCUT2D eigenvalue weighted by atomic mass is 10.2. The molecule has 1 aromatic carbocycles. The number of rotatable bonds is 5. The highest BCUT2D eigenvalue weighted by atomic mass is 35.5. The zero-order valence-electron chi connectivity index (χ0n) is 13.8. The van der Waals surface area contributed by atoms with Crippen molar-refractivity contribution in [1.82, 2.24) is 9.88 Å². The van der Waals surface area contributed by atoms with E-state index >= 15 is 0 Å². The number of likely N-dealkylation sites (tertiary alicyclic amines) is 1. The third-order valence-corrected chi connectivity index (χ3v) is 5.77. The van der Waals surface area contributed by atoms with Crippen LogP contribution in [0, 0.1) is 0 Å². The zero-order valence-corrected chi connectivity index (χ0v) is 15.4. The summed E-state index contributed by atoms with van der Waals surface area (Å²) in [5, 5.41) is 0.562. The smallest absolute Gasteiger partial charge is 0.340 e. The molecule has 2 aromatic rings. The van der Waals surface area contributed by atoms with E-state index in [4.69, 9.17) is 15.8 Å². The van der Waals surface area contributed by atoms with Crippen LogP contribution in [0.4, 0.5) is 0 Å². The molecule has 0 aliphatic carbocycles. The molecule has 25 heavy (non-hydrogen) atoms. The van der Waals surface area contributed by atoms with Crippen LogP contribution < -0.4 is 4.18 Å². The Labute approximate surface area is 151 Å². The molecule has 0 spiro atoms. The van der Waals surface area contributed by atoms with Crippen LogP contribution in [0.5, 0.6) is 5.75 Å². The Balaban J connectivity index is 1.80. The molecule has 1 saturated heterocycles. The van der Waals surface area contributed by atoms with E-state index in [2.05, 4.69) is 4.98 Å². The van der Waals surface area contributed by atoms with Gasteiger partial charge in [0.25, 0.3) is 5.91 Å². The number of nitrogens with zero attached hydrogens (tertiary/aromatic N) is 1. The van der Waals surface area contributed by atoms with Crippen molar-refractivity contribution in [3.63, 3.8) is 0 Å². The maximum absolute atomic E-state index is 12.4. The highest BCUT2D eigenvalue weighted by Gasteiger charge is 2.24. The van der Waals surface area contributed by atoms with E-state index in [1.807, 2.05) is 6.92 Å². The zero-order chi connectivity index (χ0) is 18.0. The van der Waals surface area contributed by atoms with Gasteiger partial charge in [0.15, 0.2) is 0 Å². The summed E-state index contributed by atoms with van der Waals surface area (Å²) in [7, 11) is -4.03. The fourth-order valence-electron chi connectivity index (χ4n) is 2.78. The summed E-state index contributed by atoms with van der Waals surface area (Å²) < 4.78 is 30.1. The summed E-state index contributed by atoms with van der Waals surface area (Å²) in [6.07, 6.45) is 3.87. The number of aromatic amines is 1. The van der Waals surface area contributed by atoms with Gasteiger partial charge in [-0.3, -0.25) is 4.79 Å². The molecular formula is C17H19ClN2O4S. The summed E-state index contributed by atoms with van der Waals surface area (Å²) in [6, 6.07) is 6.02. The van der Waals surface area contributed by atoms with Crippen molar-refractivity contribution in [1.29, 1.82) is 0 Å². The number of aromatic nitrogens is 1. The first-order valence-electron chi connectivity index (χ1n) is 8.11. The maximum Gasteiger partial charge on any atom is 0.340 e. The van der Waals surface area contributed by atoms with Crippen LogP contribution in [0.2, 0.25) is 5.02 Å². The van der Waals surface area contributed by atoms with Crippen molar-refractivity contribution >= 4 is 27.6 Å². The van der Waals surface area contributed by atoms with Gasteiger partial charge in [0.1, 0.15) is 16.3 Å². The van der Waals surface area contributed by atoms with Gasteiger partial charge in [-0.25, -0.2) is 0 Å². The standard InChI is InChI=1S/C17H19ClN2O4S/c1-2-12-9-13(5-6-15(12)18)24-25(22,23)14-10-16(19-11-14)17(21)20-7-3-4-8-20/h5-6,9-11,19H,2-4,7-8H2,1H3. The minimum Gasteiger partial charge on any atom is -0.379 e. The van der Waals surface area contributed by atoms with Crippen LogP contribution in [0.3, 0.4) is 0 Å². The molecular weight excluding hydrogens is 364 g/mol. The van der Waals surface area contributed by atoms with Crippen LogP contribution in [-0.2, 0) is 16.5 Å². The van der Waals surface area contributed by atoms with Gasteiger partial charge in [-0.05, 0) is 49.1 Å². The Morgan fingerprint density at radius 1 is 1.28 bits per heavy atom. The van der Waals surface area contributed by atoms with Gasteiger partial charge in [0, 0.05) is 24.3 Å². The number of amides is 1. The SMILES string of the molecule is CCc1cc(OS(=O)(=O)c2c[nH]c(C(=O)N3CCCC3)c2)ccc1Cl. The molecule has 0 unspecified atom stereocenters. The molecule has 8 heteroatoms. The lowest BCUT2D eigenvalue weighted by Gasteiger charge is -2.13. The number of carbonyl (C=O) groups is 1. The predicted molar refractivity (Wildman–Crippen MR) is 94.6 cm³/mol. The summed E-state index contributed by atoms with van der Waals surface area (Å²) in [5.74, 6) is -0.00594. The number of hydrogen-bond donors (Lipinski definition) is 1. The lowest BCUT2D eigenvalue weighted by molar-refractivity contribution is 0.0787. The normalized spacial score (nSPS) is 14.7. The second-order valence-corrected chi connectivity index (χ2v) is 7.85. The molecule has 134 valence electrons. The summed E-state index contributed by atoms with van der Waals surface area (Å²) >= 11 is 6.03. The number of nitrogens with one attached hydrogen (secondary N) is 1. The number of aryl methyl sites for hydroxylation is 1. The number of H-pyrrole nitrogens is 1. The van der Waals surface area contributed by atoms with E-state index in [-0.39, 0.29) is 22.2 Å². The van der Waals surface area contributed by atoms with E-state index < -0.39 is 10.1 Å². The summed E-state index contributed by atoms with van der Waals surface area (Å²) in [5.41, 5.74) is 1.04. The number of carbonyl (C=O) groups excluding carboxylic acids is 1. The largest absolute Gasteiger partial charge is 0.379 e. The molecule has 1 fully saturated rings. The maximum atomic E-state index is 12.4. The number of benzene rings is 1. The molecule has 3 rings (SSSR count). The second kappa shape index (κ2) is 7.09. The van der Waals surface area contributed by atoms with Crippen LogP contribution in [0.25, 0.3) is 0 Å². The van der Waals surface area contributed by atoms with E-state index in [0.717, 1.165) is 18.4 Å². The lowest BCUT2D eigenvalue weighted by Crippen LogP contribution is -2.27. The van der Waals surface area contributed by atoms with Crippen molar-refractivity contribution in [2.45, 2.75) is 31.1 Å². The van der Waals surface area contributed by atoms with Crippen LogP contribution >= 0.6 is 11.6 Å². The second-order valence-electron chi connectivity index (χ2n) is 5.89. The van der Waals surface area contributed by atoms with Crippen LogP contribution in [0.1, 0.15) is 35.8 Å². The molecule has 1 N–H and O–H groups in total. The van der Waals surface area contributed by atoms with Crippen LogP contribution in [-0.4, -0.2) is 37.3 Å². The molecule has 2 heterocycles. The van der Waals surface area contributed by atoms with Gasteiger partial charge in [0.05, 0.1) is 0 Å². The van der Waals surface area contributed by atoms with Crippen molar-refractivity contribution in [3.8, 4) is 5.75 Å². The van der Waals surface area contributed by atoms with E-state index in [1.54, 1.807) is 17.0 Å².